The van der Waals surface area contributed by atoms with Crippen molar-refractivity contribution in [2.24, 2.45) is 5.92 Å². The van der Waals surface area contributed by atoms with E-state index in [9.17, 15) is 0 Å². The summed E-state index contributed by atoms with van der Waals surface area (Å²) < 4.78 is 0. The smallest absolute Gasteiger partial charge is 0.0328 e. The zero-order chi connectivity index (χ0) is 11.0. The molecule has 2 aliphatic rings. The number of nitrogens with zero attached hydrogens (tertiary/aromatic N) is 1. The Balaban J connectivity index is 0.00000108. The first-order valence-corrected chi connectivity index (χ1v) is 7.14. The van der Waals surface area contributed by atoms with Gasteiger partial charge in [-0.15, -0.1) is 23.7 Å². The van der Waals surface area contributed by atoms with Gasteiger partial charge >= 0.3 is 0 Å². The lowest BCUT2D eigenvalue weighted by atomic mass is 9.93. The fraction of sp³-hybridized carbons (Fsp3) is 0.692. The Hall–Kier alpha value is -0.0900. The maximum absolute atomic E-state index is 3.62. The highest BCUT2D eigenvalue weighted by Gasteiger charge is 2.32. The van der Waals surface area contributed by atoms with Crippen molar-refractivity contribution >= 4 is 23.7 Å². The summed E-state index contributed by atoms with van der Waals surface area (Å²) in [5, 5.41) is 3.62. The van der Waals surface area contributed by atoms with Gasteiger partial charge in [0.1, 0.15) is 0 Å². The third-order valence-electron chi connectivity index (χ3n) is 3.92. The van der Waals surface area contributed by atoms with Crippen molar-refractivity contribution in [2.45, 2.75) is 32.4 Å². The fourth-order valence-electron chi connectivity index (χ4n) is 3.06. The van der Waals surface area contributed by atoms with Crippen LogP contribution in [0, 0.1) is 12.8 Å². The molecular weight excluding hydrogens is 252 g/mol. The van der Waals surface area contributed by atoms with Crippen molar-refractivity contribution < 1.29 is 0 Å². The number of hydrogen-bond acceptors (Lipinski definition) is 3. The summed E-state index contributed by atoms with van der Waals surface area (Å²) in [5.74, 6) is 0.912. The first kappa shape index (κ1) is 13.3. The molecule has 2 fully saturated rings. The van der Waals surface area contributed by atoms with E-state index in [1.54, 1.807) is 0 Å². The minimum atomic E-state index is 0. The SMILES string of the molecule is Cc1ccc(CN2CCC3NCCC3C2)s1.Cl. The van der Waals surface area contributed by atoms with Crippen LogP contribution in [0.15, 0.2) is 12.1 Å². The molecule has 2 atom stereocenters. The molecule has 0 radical (unpaired) electrons. The van der Waals surface area contributed by atoms with Gasteiger partial charge in [0.15, 0.2) is 0 Å². The van der Waals surface area contributed by atoms with E-state index < -0.39 is 0 Å². The van der Waals surface area contributed by atoms with Gasteiger partial charge in [-0.25, -0.2) is 0 Å². The molecule has 17 heavy (non-hydrogen) atoms. The Labute approximate surface area is 114 Å². The Morgan fingerprint density at radius 3 is 3.06 bits per heavy atom. The number of fused-ring (bicyclic) bond motifs is 1. The summed E-state index contributed by atoms with van der Waals surface area (Å²) in [6.45, 7) is 7.17. The maximum Gasteiger partial charge on any atom is 0.0328 e. The van der Waals surface area contributed by atoms with Crippen LogP contribution in [0.2, 0.25) is 0 Å². The van der Waals surface area contributed by atoms with Crippen molar-refractivity contribution in [3.63, 3.8) is 0 Å². The first-order chi connectivity index (χ1) is 7.81. The third-order valence-corrected chi connectivity index (χ3v) is 4.90. The zero-order valence-electron chi connectivity index (χ0n) is 10.3. The van der Waals surface area contributed by atoms with Gasteiger partial charge < -0.3 is 5.32 Å². The van der Waals surface area contributed by atoms with Crippen LogP contribution in [0.1, 0.15) is 22.6 Å². The second-order valence-corrected chi connectivity index (χ2v) is 6.52. The van der Waals surface area contributed by atoms with Gasteiger partial charge in [-0.3, -0.25) is 4.90 Å². The van der Waals surface area contributed by atoms with Crippen LogP contribution in [-0.4, -0.2) is 30.6 Å². The van der Waals surface area contributed by atoms with E-state index in [1.807, 2.05) is 11.3 Å². The monoisotopic (exact) mass is 272 g/mol. The van der Waals surface area contributed by atoms with Crippen molar-refractivity contribution in [3.05, 3.63) is 21.9 Å². The minimum Gasteiger partial charge on any atom is -0.314 e. The number of thiophene rings is 1. The van der Waals surface area contributed by atoms with Gasteiger partial charge in [-0.2, -0.15) is 0 Å². The molecule has 4 heteroatoms. The molecule has 0 bridgehead atoms. The van der Waals surface area contributed by atoms with Crippen molar-refractivity contribution in [1.29, 1.82) is 0 Å². The molecule has 2 unspecified atom stereocenters. The zero-order valence-corrected chi connectivity index (χ0v) is 11.9. The number of likely N-dealkylation sites (tertiary alicyclic amines) is 1. The number of nitrogens with one attached hydrogen (secondary N) is 1. The summed E-state index contributed by atoms with van der Waals surface area (Å²) in [6.07, 6.45) is 2.72. The van der Waals surface area contributed by atoms with Crippen LogP contribution in [0.25, 0.3) is 0 Å². The van der Waals surface area contributed by atoms with Gasteiger partial charge in [-0.05, 0) is 44.4 Å². The standard InChI is InChI=1S/C13H20N2S.ClH/c1-10-2-3-12(16-10)9-15-7-5-13-11(8-15)4-6-14-13;/h2-3,11,13-14H,4-9H2,1H3;1H. The molecular formula is C13H21ClN2S. The highest BCUT2D eigenvalue weighted by molar-refractivity contribution is 7.11. The maximum atomic E-state index is 3.62. The summed E-state index contributed by atoms with van der Waals surface area (Å²) >= 11 is 1.95. The topological polar surface area (TPSA) is 15.3 Å². The van der Waals surface area contributed by atoms with E-state index in [4.69, 9.17) is 0 Å². The molecule has 2 aliphatic heterocycles. The molecule has 1 aromatic heterocycles. The van der Waals surface area contributed by atoms with E-state index in [1.165, 1.54) is 48.8 Å². The molecule has 0 spiro atoms. The lowest BCUT2D eigenvalue weighted by Gasteiger charge is -2.34. The molecule has 2 saturated heterocycles. The number of aryl methyl sites for hydroxylation is 1. The molecule has 0 aromatic carbocycles. The van der Waals surface area contributed by atoms with Crippen LogP contribution in [0.3, 0.4) is 0 Å². The quantitative estimate of drug-likeness (QED) is 0.891. The van der Waals surface area contributed by atoms with Crippen molar-refractivity contribution in [1.82, 2.24) is 10.2 Å². The predicted octanol–water partition coefficient (Wildman–Crippen LogP) is 2.66. The lowest BCUT2D eigenvalue weighted by molar-refractivity contribution is 0.157. The molecule has 0 saturated carbocycles. The molecule has 96 valence electrons. The number of hydrogen-bond donors (Lipinski definition) is 1. The second-order valence-electron chi connectivity index (χ2n) is 5.15. The number of piperidine rings is 1. The van der Waals surface area contributed by atoms with Crippen molar-refractivity contribution in [3.8, 4) is 0 Å². The van der Waals surface area contributed by atoms with E-state index >= 15 is 0 Å². The van der Waals surface area contributed by atoms with Crippen LogP contribution in [0.5, 0.6) is 0 Å². The molecule has 0 aliphatic carbocycles. The van der Waals surface area contributed by atoms with Gasteiger partial charge in [0.2, 0.25) is 0 Å². The second kappa shape index (κ2) is 5.70. The Morgan fingerprint density at radius 2 is 2.29 bits per heavy atom. The van der Waals surface area contributed by atoms with Crippen LogP contribution >= 0.6 is 23.7 Å². The summed E-state index contributed by atoms with van der Waals surface area (Å²) in [5.41, 5.74) is 0. The third kappa shape index (κ3) is 3.02. The molecule has 1 aromatic rings. The van der Waals surface area contributed by atoms with E-state index in [2.05, 4.69) is 29.3 Å². The van der Waals surface area contributed by atoms with Crippen LogP contribution in [0.4, 0.5) is 0 Å². The highest BCUT2D eigenvalue weighted by atomic mass is 35.5. The summed E-state index contributed by atoms with van der Waals surface area (Å²) in [7, 11) is 0. The highest BCUT2D eigenvalue weighted by Crippen LogP contribution is 2.26. The van der Waals surface area contributed by atoms with Gasteiger partial charge in [0, 0.05) is 35.4 Å². The van der Waals surface area contributed by atoms with Gasteiger partial charge in [0.25, 0.3) is 0 Å². The lowest BCUT2D eigenvalue weighted by Crippen LogP contribution is -2.43. The fourth-order valence-corrected chi connectivity index (χ4v) is 3.99. The van der Waals surface area contributed by atoms with Crippen LogP contribution < -0.4 is 5.32 Å². The largest absolute Gasteiger partial charge is 0.314 e. The minimum absolute atomic E-state index is 0. The first-order valence-electron chi connectivity index (χ1n) is 6.32. The average Bonchev–Trinajstić information content (AvgIpc) is 2.87. The van der Waals surface area contributed by atoms with Gasteiger partial charge in [0.05, 0.1) is 0 Å². The normalized spacial score (nSPS) is 28.8. The van der Waals surface area contributed by atoms with E-state index in [0.717, 1.165) is 12.0 Å². The Bertz CT molecular complexity index is 366. The predicted molar refractivity (Wildman–Crippen MR) is 76.1 cm³/mol. The van der Waals surface area contributed by atoms with Crippen LogP contribution in [-0.2, 0) is 6.54 Å². The van der Waals surface area contributed by atoms with Gasteiger partial charge in [-0.1, -0.05) is 0 Å². The Kier molecular flexibility index (Phi) is 4.47. The number of rotatable bonds is 2. The summed E-state index contributed by atoms with van der Waals surface area (Å²) in [4.78, 5) is 5.61. The van der Waals surface area contributed by atoms with E-state index in [0.29, 0.717) is 0 Å². The molecule has 3 rings (SSSR count). The molecule has 2 nitrogen and oxygen atoms in total. The Morgan fingerprint density at radius 1 is 1.41 bits per heavy atom. The van der Waals surface area contributed by atoms with Crippen molar-refractivity contribution in [2.75, 3.05) is 19.6 Å². The number of halogens is 1. The average molecular weight is 273 g/mol. The molecule has 3 heterocycles. The molecule has 1 N–H and O–H groups in total. The summed E-state index contributed by atoms with van der Waals surface area (Å²) in [6, 6.07) is 5.35. The van der Waals surface area contributed by atoms with E-state index in [-0.39, 0.29) is 12.4 Å². The molecule has 0 amide bonds.